The molecule has 1 heterocycles. The van der Waals surface area contributed by atoms with Crippen LogP contribution < -0.4 is 4.72 Å². The molecule has 0 saturated carbocycles. The highest BCUT2D eigenvalue weighted by atomic mass is 79.9. The second-order valence-corrected chi connectivity index (χ2v) is 6.39. The van der Waals surface area contributed by atoms with E-state index in [-0.39, 0.29) is 11.4 Å². The Kier molecular flexibility index (Phi) is 4.24. The van der Waals surface area contributed by atoms with E-state index >= 15 is 0 Å². The van der Waals surface area contributed by atoms with Gasteiger partial charge in [0, 0.05) is 6.20 Å². The molecule has 9 heteroatoms. The van der Waals surface area contributed by atoms with E-state index < -0.39 is 26.7 Å². The number of carboxylic acid groups (broad SMARTS) is 1. The van der Waals surface area contributed by atoms with Crippen LogP contribution in [-0.2, 0) is 10.0 Å². The summed E-state index contributed by atoms with van der Waals surface area (Å²) < 4.78 is 40.5. The molecule has 0 radical (unpaired) electrons. The maximum absolute atomic E-state index is 13.8. The smallest absolute Gasteiger partial charge is 0.335 e. The maximum Gasteiger partial charge on any atom is 0.335 e. The van der Waals surface area contributed by atoms with E-state index in [1.807, 2.05) is 0 Å². The number of sulfonamides is 1. The van der Waals surface area contributed by atoms with Crippen LogP contribution in [0.1, 0.15) is 10.4 Å². The minimum Gasteiger partial charge on any atom is -0.478 e. The van der Waals surface area contributed by atoms with E-state index in [1.54, 1.807) is 12.1 Å². The van der Waals surface area contributed by atoms with Crippen molar-refractivity contribution in [1.82, 2.24) is 4.98 Å². The molecule has 0 unspecified atom stereocenters. The van der Waals surface area contributed by atoms with Crippen LogP contribution in [0.2, 0.25) is 0 Å². The minimum atomic E-state index is -4.22. The summed E-state index contributed by atoms with van der Waals surface area (Å²) in [5.41, 5.74) is -0.342. The highest BCUT2D eigenvalue weighted by Crippen LogP contribution is 2.23. The predicted molar refractivity (Wildman–Crippen MR) is 76.1 cm³/mol. The second-order valence-electron chi connectivity index (χ2n) is 3.89. The summed E-state index contributed by atoms with van der Waals surface area (Å²) in [4.78, 5) is 13.9. The van der Waals surface area contributed by atoms with Crippen molar-refractivity contribution in [2.75, 3.05) is 4.72 Å². The zero-order chi connectivity index (χ0) is 15.6. The van der Waals surface area contributed by atoms with Gasteiger partial charge in [0.2, 0.25) is 0 Å². The Balaban J connectivity index is 2.41. The van der Waals surface area contributed by atoms with Crippen LogP contribution in [0, 0.1) is 5.82 Å². The maximum atomic E-state index is 13.8. The van der Waals surface area contributed by atoms with Crippen LogP contribution in [0.4, 0.5) is 10.2 Å². The van der Waals surface area contributed by atoms with Crippen LogP contribution >= 0.6 is 15.9 Å². The van der Waals surface area contributed by atoms with Crippen molar-refractivity contribution >= 4 is 37.7 Å². The van der Waals surface area contributed by atoms with Gasteiger partial charge in [0.05, 0.1) is 10.0 Å². The minimum absolute atomic E-state index is 0.000730. The van der Waals surface area contributed by atoms with E-state index in [1.165, 1.54) is 6.20 Å². The Morgan fingerprint density at radius 2 is 2.05 bits per heavy atom. The Labute approximate surface area is 127 Å². The van der Waals surface area contributed by atoms with Crippen molar-refractivity contribution < 1.29 is 22.7 Å². The number of hydrogen-bond donors (Lipinski definition) is 2. The molecule has 110 valence electrons. The van der Waals surface area contributed by atoms with Crippen LogP contribution in [0.15, 0.2) is 45.9 Å². The molecule has 2 N–H and O–H groups in total. The van der Waals surface area contributed by atoms with E-state index in [2.05, 4.69) is 25.6 Å². The third-order valence-corrected chi connectivity index (χ3v) is 4.47. The summed E-state index contributed by atoms with van der Waals surface area (Å²) in [6.07, 6.45) is 1.37. The molecule has 1 aromatic heterocycles. The Morgan fingerprint density at radius 3 is 2.62 bits per heavy atom. The van der Waals surface area contributed by atoms with Gasteiger partial charge in [-0.25, -0.2) is 22.6 Å². The summed E-state index contributed by atoms with van der Waals surface area (Å²) in [5, 5.41) is 8.73. The van der Waals surface area contributed by atoms with Gasteiger partial charge in [-0.2, -0.15) is 0 Å². The fraction of sp³-hybridized carbons (Fsp3) is 0. The van der Waals surface area contributed by atoms with Crippen LogP contribution in [0.3, 0.4) is 0 Å². The fourth-order valence-corrected chi connectivity index (χ4v) is 3.07. The first kappa shape index (κ1) is 15.4. The Hall–Kier alpha value is -2.00. The molecule has 0 atom stereocenters. The summed E-state index contributed by atoms with van der Waals surface area (Å²) in [6, 6.07) is 5.69. The number of pyridine rings is 1. The molecule has 0 amide bonds. The third-order valence-electron chi connectivity index (χ3n) is 2.46. The van der Waals surface area contributed by atoms with Gasteiger partial charge in [0.15, 0.2) is 5.82 Å². The number of nitrogens with one attached hydrogen (secondary N) is 1. The topological polar surface area (TPSA) is 96.4 Å². The molecule has 0 bridgehead atoms. The number of carboxylic acids is 1. The molecule has 0 aliphatic rings. The number of aromatic nitrogens is 1. The molecule has 0 spiro atoms. The SMILES string of the molecule is O=C(O)c1ccc(S(=O)(=O)Nc2ncccc2Br)c(F)c1. The van der Waals surface area contributed by atoms with Gasteiger partial charge in [0.1, 0.15) is 10.7 Å². The van der Waals surface area contributed by atoms with Crippen molar-refractivity contribution in [2.45, 2.75) is 4.90 Å². The lowest BCUT2D eigenvalue weighted by atomic mass is 10.2. The number of nitrogens with zero attached hydrogens (tertiary/aromatic N) is 1. The molecular formula is C12H8BrFN2O4S. The lowest BCUT2D eigenvalue weighted by Gasteiger charge is -2.09. The lowest BCUT2D eigenvalue weighted by molar-refractivity contribution is 0.0696. The summed E-state index contributed by atoms with van der Waals surface area (Å²) >= 11 is 3.11. The van der Waals surface area contributed by atoms with Crippen LogP contribution in [0.5, 0.6) is 0 Å². The lowest BCUT2D eigenvalue weighted by Crippen LogP contribution is -2.16. The van der Waals surface area contributed by atoms with Gasteiger partial charge in [0.25, 0.3) is 10.0 Å². The van der Waals surface area contributed by atoms with Crippen molar-refractivity contribution in [3.63, 3.8) is 0 Å². The molecule has 0 aliphatic carbocycles. The Bertz CT molecular complexity index is 811. The number of rotatable bonds is 4. The number of halogens is 2. The first-order valence-electron chi connectivity index (χ1n) is 5.47. The van der Waals surface area contributed by atoms with Crippen molar-refractivity contribution in [2.24, 2.45) is 0 Å². The number of anilines is 1. The second kappa shape index (κ2) is 5.78. The molecule has 0 saturated heterocycles. The highest BCUT2D eigenvalue weighted by molar-refractivity contribution is 9.10. The number of carbonyl (C=O) groups is 1. The summed E-state index contributed by atoms with van der Waals surface area (Å²) in [6.45, 7) is 0. The molecule has 1 aromatic carbocycles. The van der Waals surface area contributed by atoms with E-state index in [0.717, 1.165) is 12.1 Å². The quantitative estimate of drug-likeness (QED) is 0.856. The summed E-state index contributed by atoms with van der Waals surface area (Å²) in [7, 11) is -4.22. The van der Waals surface area contributed by atoms with Crippen molar-refractivity contribution in [1.29, 1.82) is 0 Å². The molecule has 21 heavy (non-hydrogen) atoms. The third kappa shape index (κ3) is 3.37. The number of aromatic carboxylic acids is 1. The van der Waals surface area contributed by atoms with E-state index in [0.29, 0.717) is 10.5 Å². The van der Waals surface area contributed by atoms with E-state index in [4.69, 9.17) is 5.11 Å². The van der Waals surface area contributed by atoms with Crippen molar-refractivity contribution in [3.05, 3.63) is 52.4 Å². The Morgan fingerprint density at radius 1 is 1.33 bits per heavy atom. The van der Waals surface area contributed by atoms with Crippen molar-refractivity contribution in [3.8, 4) is 0 Å². The number of hydrogen-bond acceptors (Lipinski definition) is 4. The molecule has 6 nitrogen and oxygen atoms in total. The van der Waals surface area contributed by atoms with Gasteiger partial charge < -0.3 is 5.11 Å². The first-order valence-corrected chi connectivity index (χ1v) is 7.75. The largest absolute Gasteiger partial charge is 0.478 e. The first-order chi connectivity index (χ1) is 9.81. The monoisotopic (exact) mass is 374 g/mol. The zero-order valence-corrected chi connectivity index (χ0v) is 12.6. The summed E-state index contributed by atoms with van der Waals surface area (Å²) in [5.74, 6) is -2.51. The predicted octanol–water partition coefficient (Wildman–Crippen LogP) is 2.48. The van der Waals surface area contributed by atoms with Gasteiger partial charge >= 0.3 is 5.97 Å². The number of benzene rings is 1. The average molecular weight is 375 g/mol. The normalized spacial score (nSPS) is 11.1. The van der Waals surface area contributed by atoms with Crippen LogP contribution in [-0.4, -0.2) is 24.5 Å². The van der Waals surface area contributed by atoms with Gasteiger partial charge in [-0.3, -0.25) is 4.72 Å². The average Bonchev–Trinajstić information content (AvgIpc) is 2.40. The molecule has 2 aromatic rings. The standard InChI is InChI=1S/C12H8BrFN2O4S/c13-8-2-1-5-15-11(8)16-21(19,20)10-4-3-7(12(17)18)6-9(10)14/h1-6H,(H,15,16)(H,17,18). The van der Waals surface area contributed by atoms with Gasteiger partial charge in [-0.1, -0.05) is 0 Å². The molecule has 0 aliphatic heterocycles. The van der Waals surface area contributed by atoms with Gasteiger partial charge in [-0.15, -0.1) is 0 Å². The highest BCUT2D eigenvalue weighted by Gasteiger charge is 2.21. The molecule has 0 fully saturated rings. The molecular weight excluding hydrogens is 367 g/mol. The zero-order valence-electron chi connectivity index (χ0n) is 10.2. The fourth-order valence-electron chi connectivity index (χ4n) is 1.49. The molecule has 2 rings (SSSR count). The van der Waals surface area contributed by atoms with Crippen LogP contribution in [0.25, 0.3) is 0 Å². The van der Waals surface area contributed by atoms with Gasteiger partial charge in [-0.05, 0) is 46.3 Å². The van der Waals surface area contributed by atoms with E-state index in [9.17, 15) is 17.6 Å².